The van der Waals surface area contributed by atoms with E-state index in [1.54, 1.807) is 12.1 Å². The van der Waals surface area contributed by atoms with Gasteiger partial charge in [0.2, 0.25) is 6.29 Å². The van der Waals surface area contributed by atoms with Crippen LogP contribution in [0.4, 0.5) is 0 Å². The molecule has 1 aromatic rings. The van der Waals surface area contributed by atoms with Gasteiger partial charge in [-0.15, -0.1) is 0 Å². The summed E-state index contributed by atoms with van der Waals surface area (Å²) in [4.78, 5) is 36.1. The molecule has 1 heterocycles. The Kier molecular flexibility index (Phi) is 7.13. The molecule has 28 heavy (non-hydrogen) atoms. The first-order chi connectivity index (χ1) is 12.8. The molecule has 0 aliphatic carbocycles. The second kappa shape index (κ2) is 8.51. The molecular formula is C12H19O13P3. The monoisotopic (exact) mass is 464 g/mol. The van der Waals surface area contributed by atoms with Gasteiger partial charge in [0, 0.05) is 0 Å². The number of methoxy groups -OCH3 is 1. The molecule has 1 saturated heterocycles. The molecule has 0 amide bonds. The zero-order valence-electron chi connectivity index (χ0n) is 14.2. The van der Waals surface area contributed by atoms with Gasteiger partial charge in [-0.3, -0.25) is 9.09 Å². The molecule has 0 bridgehead atoms. The van der Waals surface area contributed by atoms with Crippen molar-refractivity contribution in [2.45, 2.75) is 24.6 Å². The molecule has 1 aliphatic rings. The highest BCUT2D eigenvalue weighted by atomic mass is 32.5. The smallest absolute Gasteiger partial charge is 0.422 e. The molecule has 0 radical (unpaired) electrons. The van der Waals surface area contributed by atoms with Crippen LogP contribution in [0.25, 0.3) is 0 Å². The van der Waals surface area contributed by atoms with E-state index in [0.29, 0.717) is 5.75 Å². The molecule has 1 fully saturated rings. The van der Waals surface area contributed by atoms with Crippen LogP contribution >= 0.6 is 21.3 Å². The zero-order chi connectivity index (χ0) is 21.3. The second-order valence-corrected chi connectivity index (χ2v) is 16.2. The third-order valence-corrected chi connectivity index (χ3v) is 14.0. The standard InChI is InChI=1S/C12H19O13P3/c1-22-7-2-4-8(5-3-7)24-12-11(14)10(13)9(25-12)6-23-27(18,19)28(20,21)26(15,16)17/h2-5,9-14H,6H2,1H3,(H,18,19)(H,20,21)(H2,15,16,17)/t9-,10-,11-,12-/m1/s1. The number of aliphatic hydroxyl groups excluding tert-OH is 2. The molecule has 6 N–H and O–H groups in total. The molecule has 1 aromatic carbocycles. The summed E-state index contributed by atoms with van der Waals surface area (Å²) in [7, 11) is -10.1. The molecule has 6 atom stereocenters. The Balaban J connectivity index is 2.03. The van der Waals surface area contributed by atoms with Crippen LogP contribution in [0.3, 0.4) is 0 Å². The summed E-state index contributed by atoms with van der Waals surface area (Å²) in [6, 6.07) is 6.07. The number of hydrogen-bond donors (Lipinski definition) is 6. The first kappa shape index (κ1) is 23.5. The lowest BCUT2D eigenvalue weighted by Crippen LogP contribution is -2.35. The first-order valence-corrected chi connectivity index (χ1v) is 13.7. The first-order valence-electron chi connectivity index (χ1n) is 7.49. The zero-order valence-corrected chi connectivity index (χ0v) is 16.9. The van der Waals surface area contributed by atoms with Gasteiger partial charge in [0.15, 0.2) is 0 Å². The van der Waals surface area contributed by atoms with Crippen molar-refractivity contribution in [3.8, 4) is 11.5 Å². The Morgan fingerprint density at radius 3 is 2.00 bits per heavy atom. The highest BCUT2D eigenvalue weighted by molar-refractivity contribution is 8.60. The Morgan fingerprint density at radius 1 is 0.964 bits per heavy atom. The van der Waals surface area contributed by atoms with Gasteiger partial charge in [-0.1, -0.05) is 0 Å². The lowest BCUT2D eigenvalue weighted by atomic mass is 10.1. The van der Waals surface area contributed by atoms with Crippen LogP contribution in [-0.2, 0) is 23.0 Å². The summed E-state index contributed by atoms with van der Waals surface area (Å²) in [5, 5.41) is 19.9. The van der Waals surface area contributed by atoms with E-state index < -0.39 is 52.5 Å². The number of hydrogen-bond acceptors (Lipinski definition) is 9. The summed E-state index contributed by atoms with van der Waals surface area (Å²) in [6.45, 7) is -6.96. The van der Waals surface area contributed by atoms with Crippen LogP contribution in [0, 0.1) is 0 Å². The van der Waals surface area contributed by atoms with E-state index in [9.17, 15) is 33.7 Å². The topological polar surface area (TPSA) is 210 Å². The van der Waals surface area contributed by atoms with Crippen LogP contribution in [0.15, 0.2) is 24.3 Å². The van der Waals surface area contributed by atoms with Gasteiger partial charge in [0.25, 0.3) is 0 Å². The highest BCUT2D eigenvalue weighted by Gasteiger charge is 2.58. The molecule has 0 saturated carbocycles. The van der Waals surface area contributed by atoms with E-state index in [0.717, 1.165) is 0 Å². The molecule has 0 aromatic heterocycles. The van der Waals surface area contributed by atoms with E-state index in [-0.39, 0.29) is 5.75 Å². The van der Waals surface area contributed by atoms with E-state index in [2.05, 4.69) is 4.52 Å². The largest absolute Gasteiger partial charge is 0.497 e. The lowest BCUT2D eigenvalue weighted by Gasteiger charge is -2.21. The maximum atomic E-state index is 11.7. The molecule has 2 rings (SSSR count). The number of benzene rings is 1. The van der Waals surface area contributed by atoms with Crippen molar-refractivity contribution in [1.29, 1.82) is 0 Å². The van der Waals surface area contributed by atoms with Gasteiger partial charge >= 0.3 is 21.3 Å². The van der Waals surface area contributed by atoms with Gasteiger partial charge in [0.05, 0.1) is 13.7 Å². The van der Waals surface area contributed by atoms with Gasteiger partial charge in [-0.2, -0.15) is 0 Å². The Hall–Kier alpha value is -0.810. The molecule has 160 valence electrons. The summed E-state index contributed by atoms with van der Waals surface area (Å²) in [5.41, 5.74) is 0. The third kappa shape index (κ3) is 4.84. The van der Waals surface area contributed by atoms with Crippen molar-refractivity contribution < 1.29 is 62.2 Å². The Morgan fingerprint density at radius 2 is 1.50 bits per heavy atom. The van der Waals surface area contributed by atoms with Crippen LogP contribution in [0.1, 0.15) is 0 Å². The fraction of sp³-hybridized carbons (Fsp3) is 0.500. The van der Waals surface area contributed by atoms with E-state index in [1.165, 1.54) is 19.2 Å². The predicted octanol–water partition coefficient (Wildman–Crippen LogP) is 0.000800. The maximum Gasteiger partial charge on any atom is 0.422 e. The van der Waals surface area contributed by atoms with Crippen molar-refractivity contribution in [3.63, 3.8) is 0 Å². The van der Waals surface area contributed by atoms with Gasteiger partial charge in [0.1, 0.15) is 29.8 Å². The fourth-order valence-electron chi connectivity index (χ4n) is 2.13. The second-order valence-electron chi connectivity index (χ2n) is 5.63. The molecule has 0 spiro atoms. The van der Waals surface area contributed by atoms with Gasteiger partial charge in [-0.05, 0) is 24.3 Å². The number of rotatable bonds is 8. The summed E-state index contributed by atoms with van der Waals surface area (Å²) in [5.74, 6) is 0.761. The quantitative estimate of drug-likeness (QED) is 0.280. The fourth-order valence-corrected chi connectivity index (χ4v) is 7.57. The molecule has 13 nitrogen and oxygen atoms in total. The summed E-state index contributed by atoms with van der Waals surface area (Å²) in [6.07, 6.45) is -6.21. The van der Waals surface area contributed by atoms with Crippen molar-refractivity contribution in [3.05, 3.63) is 24.3 Å². The van der Waals surface area contributed by atoms with Crippen LogP contribution in [-0.4, -0.2) is 68.1 Å². The average Bonchev–Trinajstić information content (AvgIpc) is 2.87. The van der Waals surface area contributed by atoms with Crippen molar-refractivity contribution in [2.75, 3.05) is 13.7 Å². The number of ether oxygens (including phenoxy) is 3. The van der Waals surface area contributed by atoms with E-state index in [1.807, 2.05) is 0 Å². The molecular weight excluding hydrogens is 445 g/mol. The van der Waals surface area contributed by atoms with Crippen LogP contribution < -0.4 is 9.47 Å². The Bertz CT molecular complexity index is 821. The van der Waals surface area contributed by atoms with Crippen molar-refractivity contribution in [2.24, 2.45) is 0 Å². The average molecular weight is 464 g/mol. The minimum absolute atomic E-state index is 0.229. The SMILES string of the molecule is COc1ccc(O[C@@H]2O[C@H](COP(=O)(O)P(=O)(O)P(=O)(O)O)[C@@H](O)[C@H]2O)cc1. The maximum absolute atomic E-state index is 11.7. The third-order valence-electron chi connectivity index (χ3n) is 3.71. The molecule has 16 heteroatoms. The van der Waals surface area contributed by atoms with Crippen LogP contribution in [0.2, 0.25) is 0 Å². The number of aliphatic hydroxyl groups is 2. The van der Waals surface area contributed by atoms with E-state index in [4.69, 9.17) is 24.0 Å². The van der Waals surface area contributed by atoms with Gasteiger partial charge in [-0.25, -0.2) is 9.13 Å². The minimum Gasteiger partial charge on any atom is -0.497 e. The molecule has 2 unspecified atom stereocenters. The highest BCUT2D eigenvalue weighted by Crippen LogP contribution is 2.94. The predicted molar refractivity (Wildman–Crippen MR) is 91.9 cm³/mol. The normalized spacial score (nSPS) is 29.7. The van der Waals surface area contributed by atoms with Crippen LogP contribution in [0.5, 0.6) is 11.5 Å². The van der Waals surface area contributed by atoms with E-state index >= 15 is 0 Å². The Labute approximate surface area is 158 Å². The van der Waals surface area contributed by atoms with Gasteiger partial charge < -0.3 is 44.0 Å². The summed E-state index contributed by atoms with van der Waals surface area (Å²) >= 11 is 0. The van der Waals surface area contributed by atoms with Crippen molar-refractivity contribution in [1.82, 2.24) is 0 Å². The summed E-state index contributed by atoms with van der Waals surface area (Å²) < 4.78 is 54.0. The van der Waals surface area contributed by atoms with Crippen molar-refractivity contribution >= 4 is 21.3 Å². The lowest BCUT2D eigenvalue weighted by molar-refractivity contribution is -0.115. The molecule has 1 aliphatic heterocycles. The minimum atomic E-state index is -5.94.